The zero-order valence-corrected chi connectivity index (χ0v) is 43.4. The Kier molecular flexibility index (Phi) is 11.1. The van der Waals surface area contributed by atoms with E-state index in [1.807, 2.05) is 42.6 Å². The minimum Gasteiger partial charge on any atom is -0.309 e. The summed E-state index contributed by atoms with van der Waals surface area (Å²) in [6.07, 6.45) is 7.55. The molecule has 0 radical (unpaired) electrons. The Balaban J connectivity index is 1.12. The predicted molar refractivity (Wildman–Crippen MR) is 312 cm³/mol. The predicted octanol–water partition coefficient (Wildman–Crippen LogP) is 17.4. The number of rotatable bonds is 8. The molecule has 0 N–H and O–H groups in total. The first kappa shape index (κ1) is 45.8. The van der Waals surface area contributed by atoms with Crippen LogP contribution in [-0.4, -0.2) is 29.1 Å². The number of hydrogen-bond donors (Lipinski definition) is 0. The normalized spacial score (nSPS) is 13.3. The number of hydrogen-bond acceptors (Lipinski definition) is 4. The highest BCUT2D eigenvalue weighted by atomic mass is 15.1. The molecule has 8 aromatic carbocycles. The lowest BCUT2D eigenvalue weighted by Crippen LogP contribution is -2.09. The fourth-order valence-electron chi connectivity index (χ4n) is 12.3. The van der Waals surface area contributed by atoms with E-state index in [9.17, 15) is 0 Å². The molecule has 1 unspecified atom stereocenters. The first-order valence-electron chi connectivity index (χ1n) is 26.1. The van der Waals surface area contributed by atoms with Gasteiger partial charge in [-0.05, 0) is 159 Å². The summed E-state index contributed by atoms with van der Waals surface area (Å²) in [7, 11) is 0. The number of benzene rings is 8. The third-order valence-electron chi connectivity index (χ3n) is 15.3. The minimum atomic E-state index is 0.379. The van der Waals surface area contributed by atoms with Crippen molar-refractivity contribution >= 4 is 38.8 Å². The van der Waals surface area contributed by atoms with Crippen LogP contribution in [0.1, 0.15) is 51.6 Å². The molecule has 4 aromatic heterocycles. The Morgan fingerprint density at radius 3 is 1.59 bits per heavy atom. The molecule has 12 aromatic rings. The lowest BCUT2D eigenvalue weighted by molar-refractivity contribution is 0.718. The summed E-state index contributed by atoms with van der Waals surface area (Å²) in [5.41, 5.74) is 24.9. The van der Waals surface area contributed by atoms with Crippen molar-refractivity contribution < 1.29 is 0 Å². The van der Waals surface area contributed by atoms with Gasteiger partial charge in [0.2, 0.25) is 0 Å². The Hall–Kier alpha value is -9.00. The maximum absolute atomic E-state index is 5.49. The fraction of sp³-hybridized carbons (Fsp3) is 0.130. The van der Waals surface area contributed by atoms with Gasteiger partial charge in [-0.15, -0.1) is 0 Å². The molecule has 1 aliphatic carbocycles. The van der Waals surface area contributed by atoms with Crippen LogP contribution in [0.15, 0.2) is 188 Å². The summed E-state index contributed by atoms with van der Waals surface area (Å²) in [6.45, 7) is 15.6. The SMILES string of the molecule is Cc1cc(C)c(-c2ccc3c(c2)c2c(n3-c3cccc(-c4nc(-c5ccccc5)nc(-c5ccccc5)n4)c3-c3ncccc3-n3c4ccccc4c4cc(-c5c(C)cc(C)cc5C)ccc43)C=CC(C)C2)c(C)c1. The third kappa shape index (κ3) is 7.79. The van der Waals surface area contributed by atoms with Gasteiger partial charge >= 0.3 is 0 Å². The summed E-state index contributed by atoms with van der Waals surface area (Å²) in [5.74, 6) is 2.14. The molecule has 0 saturated carbocycles. The molecular formula is C69H56N6. The van der Waals surface area contributed by atoms with Gasteiger partial charge in [0.15, 0.2) is 17.5 Å². The Morgan fingerprint density at radius 1 is 0.427 bits per heavy atom. The summed E-state index contributed by atoms with van der Waals surface area (Å²) in [6, 6.07) is 63.3. The highest BCUT2D eigenvalue weighted by Gasteiger charge is 2.29. The van der Waals surface area contributed by atoms with Gasteiger partial charge < -0.3 is 9.13 Å². The Morgan fingerprint density at radius 2 is 0.960 bits per heavy atom. The van der Waals surface area contributed by atoms with Crippen molar-refractivity contribution in [1.29, 1.82) is 0 Å². The van der Waals surface area contributed by atoms with E-state index in [1.54, 1.807) is 0 Å². The van der Waals surface area contributed by atoms with Gasteiger partial charge in [0.05, 0.1) is 33.6 Å². The summed E-state index contributed by atoms with van der Waals surface area (Å²) in [5, 5.41) is 3.62. The molecular weight excluding hydrogens is 913 g/mol. The van der Waals surface area contributed by atoms with Gasteiger partial charge in [0.25, 0.3) is 0 Å². The zero-order chi connectivity index (χ0) is 51.1. The fourth-order valence-corrected chi connectivity index (χ4v) is 12.3. The number of aryl methyl sites for hydroxylation is 6. The van der Waals surface area contributed by atoms with Crippen LogP contribution in [0.4, 0.5) is 0 Å². The first-order chi connectivity index (χ1) is 36.6. The number of pyridine rings is 1. The molecule has 362 valence electrons. The number of allylic oxidation sites excluding steroid dienone is 1. The van der Waals surface area contributed by atoms with Crippen molar-refractivity contribution in [3.63, 3.8) is 0 Å². The average molecular weight is 969 g/mol. The van der Waals surface area contributed by atoms with E-state index < -0.39 is 0 Å². The standard InChI is InChI=1S/C69H56N6/c1-41-27-30-58-54(38-41)56-40-51(64-46(6)36-43(3)37-47(64)7)29-32-60(56)74(58)61-25-16-23-53(69-72-67(48-18-10-8-11-19-48)71-68(73-69)49-20-12-9-13-21-49)65(61)66-62(26-17-33-70-66)75-57-24-15-14-22-52(57)55-39-50(28-31-59(55)75)63-44(4)34-42(2)35-45(63)5/h8-37,39-41H,38H2,1-7H3. The van der Waals surface area contributed by atoms with E-state index in [4.69, 9.17) is 19.9 Å². The third-order valence-corrected chi connectivity index (χ3v) is 15.3. The number of fused-ring (bicyclic) bond motifs is 6. The highest BCUT2D eigenvalue weighted by Crippen LogP contribution is 2.46. The molecule has 13 rings (SSSR count). The second-order valence-corrected chi connectivity index (χ2v) is 20.7. The lowest BCUT2D eigenvalue weighted by Gasteiger charge is -2.22. The minimum absolute atomic E-state index is 0.379. The summed E-state index contributed by atoms with van der Waals surface area (Å²) in [4.78, 5) is 21.4. The van der Waals surface area contributed by atoms with Crippen molar-refractivity contribution in [2.75, 3.05) is 0 Å². The molecule has 0 bridgehead atoms. The second kappa shape index (κ2) is 18.2. The van der Waals surface area contributed by atoms with Gasteiger partial charge in [0.1, 0.15) is 0 Å². The van der Waals surface area contributed by atoms with Crippen LogP contribution in [0.2, 0.25) is 0 Å². The van der Waals surface area contributed by atoms with E-state index in [-0.39, 0.29) is 0 Å². The molecule has 6 nitrogen and oxygen atoms in total. The van der Waals surface area contributed by atoms with Gasteiger partial charge in [-0.2, -0.15) is 0 Å². The lowest BCUT2D eigenvalue weighted by atomic mass is 9.90. The molecule has 1 aliphatic rings. The maximum atomic E-state index is 5.49. The van der Waals surface area contributed by atoms with Gasteiger partial charge in [0, 0.05) is 50.3 Å². The van der Waals surface area contributed by atoms with Gasteiger partial charge in [-0.25, -0.2) is 15.0 Å². The molecule has 0 fully saturated rings. The van der Waals surface area contributed by atoms with Crippen molar-refractivity contribution in [3.8, 4) is 79.0 Å². The number of nitrogens with zero attached hydrogens (tertiary/aromatic N) is 6. The quantitative estimate of drug-likeness (QED) is 0.152. The van der Waals surface area contributed by atoms with Gasteiger partial charge in [-0.1, -0.05) is 152 Å². The van der Waals surface area contributed by atoms with Crippen LogP contribution in [0.25, 0.3) is 118 Å². The molecule has 0 saturated heterocycles. The average Bonchev–Trinajstić information content (AvgIpc) is 3.96. The molecule has 6 heteroatoms. The van der Waals surface area contributed by atoms with Crippen molar-refractivity contribution in [2.24, 2.45) is 5.92 Å². The maximum Gasteiger partial charge on any atom is 0.164 e. The van der Waals surface area contributed by atoms with Crippen molar-refractivity contribution in [3.05, 3.63) is 233 Å². The van der Waals surface area contributed by atoms with Crippen LogP contribution in [-0.2, 0) is 6.42 Å². The van der Waals surface area contributed by atoms with Crippen molar-refractivity contribution in [2.45, 2.75) is 54.9 Å². The second-order valence-electron chi connectivity index (χ2n) is 20.7. The summed E-state index contributed by atoms with van der Waals surface area (Å²) < 4.78 is 4.89. The Bertz CT molecular complexity index is 4180. The monoisotopic (exact) mass is 968 g/mol. The van der Waals surface area contributed by atoms with Crippen LogP contribution >= 0.6 is 0 Å². The number of aromatic nitrogens is 6. The van der Waals surface area contributed by atoms with E-state index >= 15 is 0 Å². The van der Waals surface area contributed by atoms with Crippen LogP contribution < -0.4 is 0 Å². The molecule has 0 spiro atoms. The van der Waals surface area contributed by atoms with E-state index in [2.05, 4.69) is 209 Å². The Labute approximate surface area is 438 Å². The summed E-state index contributed by atoms with van der Waals surface area (Å²) >= 11 is 0. The molecule has 4 heterocycles. The zero-order valence-electron chi connectivity index (χ0n) is 43.4. The highest BCUT2D eigenvalue weighted by molar-refractivity contribution is 6.11. The van der Waals surface area contributed by atoms with Gasteiger partial charge in [-0.3, -0.25) is 4.98 Å². The van der Waals surface area contributed by atoms with Crippen LogP contribution in [0.3, 0.4) is 0 Å². The smallest absolute Gasteiger partial charge is 0.164 e. The van der Waals surface area contributed by atoms with E-state index in [0.717, 1.165) is 62.3 Å². The van der Waals surface area contributed by atoms with E-state index in [0.29, 0.717) is 23.4 Å². The molecule has 75 heavy (non-hydrogen) atoms. The van der Waals surface area contributed by atoms with Crippen molar-refractivity contribution in [1.82, 2.24) is 29.1 Å². The number of para-hydroxylation sites is 1. The first-order valence-corrected chi connectivity index (χ1v) is 26.1. The largest absolute Gasteiger partial charge is 0.309 e. The molecule has 1 atom stereocenters. The topological polar surface area (TPSA) is 61.4 Å². The van der Waals surface area contributed by atoms with Crippen LogP contribution in [0, 0.1) is 47.5 Å². The molecule has 0 amide bonds. The van der Waals surface area contributed by atoms with Crippen LogP contribution in [0.5, 0.6) is 0 Å². The van der Waals surface area contributed by atoms with E-state index in [1.165, 1.54) is 83.1 Å². The molecule has 0 aliphatic heterocycles.